The molecule has 6 nitrogen and oxygen atoms in total. The summed E-state index contributed by atoms with van der Waals surface area (Å²) in [6.07, 6.45) is 2.44. The predicted molar refractivity (Wildman–Crippen MR) is 99.8 cm³/mol. The van der Waals surface area contributed by atoms with Crippen LogP contribution >= 0.6 is 22.6 Å². The molecule has 4 rings (SSSR count). The van der Waals surface area contributed by atoms with Gasteiger partial charge in [0.25, 0.3) is 5.91 Å². The molecular weight excluding hydrogens is 433 g/mol. The van der Waals surface area contributed by atoms with Crippen LogP contribution in [-0.2, 0) is 4.74 Å². The molecule has 130 valence electrons. The highest BCUT2D eigenvalue weighted by Gasteiger charge is 2.43. The van der Waals surface area contributed by atoms with Crippen molar-refractivity contribution in [2.45, 2.75) is 38.8 Å². The standard InChI is InChI=1S/C18H18IN3O3/c1-18(2,3)25-17(24)14-15-12-7-8-21(12)16(23)13-10(19)5-4-6-11(13)22(15)9-20-14/h4-6,9,12H,7-8H2,1-3H3/t12-/m0/s1. The number of fused-ring (bicyclic) bond motifs is 5. The van der Waals surface area contributed by atoms with Crippen LogP contribution in [-0.4, -0.2) is 38.5 Å². The topological polar surface area (TPSA) is 64.4 Å². The molecule has 0 spiro atoms. The number of nitrogens with zero attached hydrogens (tertiary/aromatic N) is 3. The number of ether oxygens (including phenoxy) is 1. The lowest BCUT2D eigenvalue weighted by molar-refractivity contribution is 0.00537. The zero-order chi connectivity index (χ0) is 17.9. The van der Waals surface area contributed by atoms with Crippen molar-refractivity contribution in [1.29, 1.82) is 0 Å². The Morgan fingerprint density at radius 3 is 2.76 bits per heavy atom. The van der Waals surface area contributed by atoms with Crippen molar-refractivity contribution in [3.05, 3.63) is 45.0 Å². The van der Waals surface area contributed by atoms with Crippen molar-refractivity contribution in [2.75, 3.05) is 6.54 Å². The molecule has 0 radical (unpaired) electrons. The number of halogens is 1. The van der Waals surface area contributed by atoms with E-state index in [4.69, 9.17) is 4.74 Å². The highest BCUT2D eigenvalue weighted by molar-refractivity contribution is 14.1. The monoisotopic (exact) mass is 451 g/mol. The normalized spacial score (nSPS) is 18.6. The molecule has 2 aliphatic heterocycles. The van der Waals surface area contributed by atoms with Crippen LogP contribution in [0.1, 0.15) is 59.8 Å². The molecule has 0 bridgehead atoms. The first-order valence-electron chi connectivity index (χ1n) is 8.18. The van der Waals surface area contributed by atoms with Gasteiger partial charge in [0, 0.05) is 10.1 Å². The van der Waals surface area contributed by atoms with Gasteiger partial charge in [-0.05, 0) is 61.9 Å². The van der Waals surface area contributed by atoms with E-state index < -0.39 is 11.6 Å². The Kier molecular flexibility index (Phi) is 3.68. The molecule has 0 saturated carbocycles. The van der Waals surface area contributed by atoms with Gasteiger partial charge >= 0.3 is 5.97 Å². The van der Waals surface area contributed by atoms with Gasteiger partial charge in [-0.15, -0.1) is 0 Å². The molecule has 1 amide bonds. The number of benzene rings is 1. The van der Waals surface area contributed by atoms with Crippen LogP contribution in [0.4, 0.5) is 0 Å². The third-order valence-corrected chi connectivity index (χ3v) is 5.36. The summed E-state index contributed by atoms with van der Waals surface area (Å²) in [4.78, 5) is 31.8. The summed E-state index contributed by atoms with van der Waals surface area (Å²) in [5.74, 6) is -0.440. The number of hydrogen-bond donors (Lipinski definition) is 0. The largest absolute Gasteiger partial charge is 0.455 e. The Balaban J connectivity index is 1.90. The molecule has 3 heterocycles. The van der Waals surface area contributed by atoms with Crippen LogP contribution < -0.4 is 0 Å². The third kappa shape index (κ3) is 2.56. The Bertz CT molecular complexity index is 897. The van der Waals surface area contributed by atoms with Gasteiger partial charge < -0.3 is 9.64 Å². The number of carbonyl (C=O) groups excluding carboxylic acids is 2. The fourth-order valence-electron chi connectivity index (χ4n) is 3.34. The molecule has 1 aromatic heterocycles. The lowest BCUT2D eigenvalue weighted by Gasteiger charge is -2.40. The fourth-order valence-corrected chi connectivity index (χ4v) is 4.05. The van der Waals surface area contributed by atoms with Crippen LogP contribution in [0.2, 0.25) is 0 Å². The van der Waals surface area contributed by atoms with Crippen molar-refractivity contribution >= 4 is 34.5 Å². The van der Waals surface area contributed by atoms with Gasteiger partial charge in [-0.2, -0.15) is 0 Å². The van der Waals surface area contributed by atoms with E-state index in [0.717, 1.165) is 21.4 Å². The minimum Gasteiger partial charge on any atom is -0.455 e. The highest BCUT2D eigenvalue weighted by atomic mass is 127. The van der Waals surface area contributed by atoms with Gasteiger partial charge in [-0.25, -0.2) is 9.78 Å². The number of amides is 1. The minimum atomic E-state index is -0.597. The van der Waals surface area contributed by atoms with E-state index in [0.29, 0.717) is 17.8 Å². The first kappa shape index (κ1) is 16.6. The predicted octanol–water partition coefficient (Wildman–Crippen LogP) is 3.33. The zero-order valence-electron chi connectivity index (χ0n) is 14.2. The second-order valence-electron chi connectivity index (χ2n) is 7.29. The van der Waals surface area contributed by atoms with Crippen molar-refractivity contribution in [3.8, 4) is 5.69 Å². The quantitative estimate of drug-likeness (QED) is 0.493. The van der Waals surface area contributed by atoms with Gasteiger partial charge in [0.2, 0.25) is 0 Å². The third-order valence-electron chi connectivity index (χ3n) is 4.46. The molecule has 2 aromatic rings. The van der Waals surface area contributed by atoms with Crippen molar-refractivity contribution in [1.82, 2.24) is 14.5 Å². The van der Waals surface area contributed by atoms with E-state index in [9.17, 15) is 9.59 Å². The van der Waals surface area contributed by atoms with Gasteiger partial charge in [-0.3, -0.25) is 9.36 Å². The van der Waals surface area contributed by atoms with Crippen LogP contribution in [0.25, 0.3) is 5.69 Å². The SMILES string of the molecule is CC(C)(C)OC(=O)c1ncn2c1[C@@H]1CCN1C(=O)c1c(I)cccc1-2. The van der Waals surface area contributed by atoms with Gasteiger partial charge in [0.1, 0.15) is 11.9 Å². The molecule has 1 saturated heterocycles. The minimum absolute atomic E-state index is 0.00934. The lowest BCUT2D eigenvalue weighted by Crippen LogP contribution is -2.45. The Morgan fingerprint density at radius 2 is 2.12 bits per heavy atom. The molecule has 25 heavy (non-hydrogen) atoms. The zero-order valence-corrected chi connectivity index (χ0v) is 16.4. The Morgan fingerprint density at radius 1 is 1.36 bits per heavy atom. The van der Waals surface area contributed by atoms with Gasteiger partial charge in [-0.1, -0.05) is 6.07 Å². The summed E-state index contributed by atoms with van der Waals surface area (Å²) < 4.78 is 8.28. The van der Waals surface area contributed by atoms with E-state index in [2.05, 4.69) is 27.6 Å². The van der Waals surface area contributed by atoms with Crippen molar-refractivity contribution < 1.29 is 14.3 Å². The molecule has 1 aromatic carbocycles. The van der Waals surface area contributed by atoms with Crippen LogP contribution in [0, 0.1) is 3.57 Å². The molecule has 0 N–H and O–H groups in total. The lowest BCUT2D eigenvalue weighted by atomic mass is 9.97. The highest BCUT2D eigenvalue weighted by Crippen LogP contribution is 2.42. The number of hydrogen-bond acceptors (Lipinski definition) is 4. The smallest absolute Gasteiger partial charge is 0.359 e. The summed E-state index contributed by atoms with van der Waals surface area (Å²) in [6, 6.07) is 5.59. The average Bonchev–Trinajstić information content (AvgIpc) is 2.85. The molecule has 1 fully saturated rings. The van der Waals surface area contributed by atoms with Crippen molar-refractivity contribution in [2.24, 2.45) is 0 Å². The summed E-state index contributed by atoms with van der Waals surface area (Å²) >= 11 is 2.18. The fraction of sp³-hybridized carbons (Fsp3) is 0.389. The second kappa shape index (κ2) is 5.55. The summed E-state index contributed by atoms with van der Waals surface area (Å²) in [7, 11) is 0. The van der Waals surface area contributed by atoms with E-state index in [1.807, 2.05) is 48.4 Å². The Hall–Kier alpha value is -1.90. The summed E-state index contributed by atoms with van der Waals surface area (Å²) in [5.41, 5.74) is 1.88. The first-order chi connectivity index (χ1) is 11.8. The number of imidazole rings is 1. The summed E-state index contributed by atoms with van der Waals surface area (Å²) in [6.45, 7) is 6.18. The number of carbonyl (C=O) groups is 2. The Labute approximate surface area is 159 Å². The molecule has 2 aliphatic rings. The number of rotatable bonds is 1. The van der Waals surface area contributed by atoms with E-state index in [1.165, 1.54) is 0 Å². The molecule has 7 heteroatoms. The van der Waals surface area contributed by atoms with Crippen molar-refractivity contribution in [3.63, 3.8) is 0 Å². The van der Waals surface area contributed by atoms with E-state index in [-0.39, 0.29) is 11.9 Å². The van der Waals surface area contributed by atoms with E-state index in [1.54, 1.807) is 6.33 Å². The maximum atomic E-state index is 13.0. The van der Waals surface area contributed by atoms with Gasteiger partial charge in [0.15, 0.2) is 5.69 Å². The molecule has 0 aliphatic carbocycles. The van der Waals surface area contributed by atoms with E-state index >= 15 is 0 Å². The van der Waals surface area contributed by atoms with Crippen LogP contribution in [0.3, 0.4) is 0 Å². The van der Waals surface area contributed by atoms with Crippen LogP contribution in [0.5, 0.6) is 0 Å². The maximum Gasteiger partial charge on any atom is 0.359 e. The molecule has 1 atom stereocenters. The number of esters is 1. The number of aromatic nitrogens is 2. The summed E-state index contributed by atoms with van der Waals surface area (Å²) in [5, 5.41) is 0. The van der Waals surface area contributed by atoms with Gasteiger partial charge in [0.05, 0.1) is 23.0 Å². The van der Waals surface area contributed by atoms with Crippen LogP contribution in [0.15, 0.2) is 24.5 Å². The average molecular weight is 451 g/mol. The molecule has 0 unspecified atom stereocenters. The molecular formula is C18H18IN3O3. The second-order valence-corrected chi connectivity index (χ2v) is 8.45. The first-order valence-corrected chi connectivity index (χ1v) is 9.26. The maximum absolute atomic E-state index is 13.0.